The van der Waals surface area contributed by atoms with Gasteiger partial charge in [0.25, 0.3) is 5.91 Å². The summed E-state index contributed by atoms with van der Waals surface area (Å²) in [4.78, 5) is 19.0. The Balaban J connectivity index is 2.23. The van der Waals surface area contributed by atoms with Gasteiger partial charge in [-0.1, -0.05) is 6.92 Å². The highest BCUT2D eigenvalue weighted by Crippen LogP contribution is 2.23. The van der Waals surface area contributed by atoms with Crippen LogP contribution >= 0.6 is 15.9 Å². The molecule has 0 atom stereocenters. The van der Waals surface area contributed by atoms with Crippen LogP contribution in [0.3, 0.4) is 0 Å². The third-order valence-electron chi connectivity index (χ3n) is 3.34. The molecule has 0 radical (unpaired) electrons. The lowest BCUT2D eigenvalue weighted by atomic mass is 10.1. The molecule has 0 aliphatic carbocycles. The van der Waals surface area contributed by atoms with Crippen molar-refractivity contribution in [1.29, 1.82) is 0 Å². The van der Waals surface area contributed by atoms with E-state index < -0.39 is 0 Å². The molecule has 1 saturated heterocycles. The van der Waals surface area contributed by atoms with Gasteiger partial charge in [0.1, 0.15) is 5.82 Å². The molecule has 116 valence electrons. The molecule has 5 nitrogen and oxygen atoms in total. The maximum Gasteiger partial charge on any atom is 0.257 e. The van der Waals surface area contributed by atoms with Crippen LogP contribution in [0.5, 0.6) is 0 Å². The van der Waals surface area contributed by atoms with Crippen LogP contribution in [0.1, 0.15) is 37.6 Å². The van der Waals surface area contributed by atoms with Crippen molar-refractivity contribution in [1.82, 2.24) is 9.88 Å². The zero-order valence-electron chi connectivity index (χ0n) is 12.8. The van der Waals surface area contributed by atoms with Gasteiger partial charge in [0, 0.05) is 30.3 Å². The second-order valence-corrected chi connectivity index (χ2v) is 6.73. The standard InChI is InChI=1S/C15H22BrN3O2/c1-4-5-17-13-12(8-11(16)9-18-13)14(20)19-6-7-21-15(2,3)10-19/h8-9H,4-7,10H2,1-3H3,(H,17,18). The lowest BCUT2D eigenvalue weighted by Gasteiger charge is -2.38. The molecule has 0 aromatic carbocycles. The summed E-state index contributed by atoms with van der Waals surface area (Å²) in [6.07, 6.45) is 2.69. The van der Waals surface area contributed by atoms with Gasteiger partial charge in [0.15, 0.2) is 0 Å². The van der Waals surface area contributed by atoms with Gasteiger partial charge in [0.05, 0.1) is 17.8 Å². The largest absolute Gasteiger partial charge is 0.372 e. The number of amides is 1. The Hall–Kier alpha value is -1.14. The number of carbonyl (C=O) groups is 1. The summed E-state index contributed by atoms with van der Waals surface area (Å²) in [5, 5.41) is 3.22. The Bertz CT molecular complexity index is 520. The van der Waals surface area contributed by atoms with Crippen LogP contribution in [0.4, 0.5) is 5.82 Å². The minimum absolute atomic E-state index is 0.00113. The van der Waals surface area contributed by atoms with Crippen LogP contribution in [0, 0.1) is 0 Å². The van der Waals surface area contributed by atoms with E-state index >= 15 is 0 Å². The number of anilines is 1. The van der Waals surface area contributed by atoms with E-state index in [1.807, 2.05) is 24.8 Å². The highest BCUT2D eigenvalue weighted by Gasteiger charge is 2.31. The number of nitrogens with zero attached hydrogens (tertiary/aromatic N) is 2. The molecule has 1 N–H and O–H groups in total. The molecule has 2 heterocycles. The van der Waals surface area contributed by atoms with Crippen LogP contribution < -0.4 is 5.32 Å². The van der Waals surface area contributed by atoms with Crippen LogP contribution in [-0.4, -0.2) is 47.6 Å². The molecule has 1 fully saturated rings. The summed E-state index contributed by atoms with van der Waals surface area (Å²) in [5.41, 5.74) is 0.306. The third-order valence-corrected chi connectivity index (χ3v) is 3.77. The molecule has 1 aliphatic rings. The summed E-state index contributed by atoms with van der Waals surface area (Å²) >= 11 is 3.39. The number of hydrogen-bond donors (Lipinski definition) is 1. The molecule has 0 unspecified atom stereocenters. The smallest absolute Gasteiger partial charge is 0.257 e. The molecular weight excluding hydrogens is 334 g/mol. The summed E-state index contributed by atoms with van der Waals surface area (Å²) in [5.74, 6) is 0.646. The lowest BCUT2D eigenvalue weighted by molar-refractivity contribution is -0.0763. The number of nitrogens with one attached hydrogen (secondary N) is 1. The highest BCUT2D eigenvalue weighted by atomic mass is 79.9. The van der Waals surface area contributed by atoms with E-state index in [4.69, 9.17) is 4.74 Å². The minimum Gasteiger partial charge on any atom is -0.372 e. The Labute approximate surface area is 134 Å². The zero-order chi connectivity index (χ0) is 15.5. The van der Waals surface area contributed by atoms with E-state index in [-0.39, 0.29) is 11.5 Å². The van der Waals surface area contributed by atoms with E-state index in [9.17, 15) is 4.79 Å². The van der Waals surface area contributed by atoms with Crippen molar-refractivity contribution in [2.24, 2.45) is 0 Å². The third kappa shape index (κ3) is 4.17. The van der Waals surface area contributed by atoms with Crippen molar-refractivity contribution in [2.45, 2.75) is 32.8 Å². The molecular formula is C15H22BrN3O2. The molecule has 1 aliphatic heterocycles. The second kappa shape index (κ2) is 6.75. The summed E-state index contributed by atoms with van der Waals surface area (Å²) in [7, 11) is 0. The van der Waals surface area contributed by atoms with E-state index in [0.717, 1.165) is 17.4 Å². The van der Waals surface area contributed by atoms with Gasteiger partial charge >= 0.3 is 0 Å². The SMILES string of the molecule is CCCNc1ncc(Br)cc1C(=O)N1CCOC(C)(C)C1. The molecule has 1 aromatic heterocycles. The molecule has 0 saturated carbocycles. The highest BCUT2D eigenvalue weighted by molar-refractivity contribution is 9.10. The van der Waals surface area contributed by atoms with Crippen molar-refractivity contribution in [3.63, 3.8) is 0 Å². The van der Waals surface area contributed by atoms with Crippen LogP contribution in [0.25, 0.3) is 0 Å². The Morgan fingerprint density at radius 3 is 3.00 bits per heavy atom. The predicted octanol–water partition coefficient (Wildman–Crippen LogP) is 2.92. The number of aromatic nitrogens is 1. The number of pyridine rings is 1. The molecule has 21 heavy (non-hydrogen) atoms. The van der Waals surface area contributed by atoms with Gasteiger partial charge in [-0.2, -0.15) is 0 Å². The quantitative estimate of drug-likeness (QED) is 0.901. The first-order valence-corrected chi connectivity index (χ1v) is 8.05. The summed E-state index contributed by atoms with van der Waals surface area (Å²) in [6, 6.07) is 1.83. The fourth-order valence-electron chi connectivity index (χ4n) is 2.35. The van der Waals surface area contributed by atoms with Gasteiger partial charge in [-0.05, 0) is 42.3 Å². The monoisotopic (exact) mass is 355 g/mol. The van der Waals surface area contributed by atoms with Crippen LogP contribution in [0.15, 0.2) is 16.7 Å². The van der Waals surface area contributed by atoms with Gasteiger partial charge in [-0.15, -0.1) is 0 Å². The topological polar surface area (TPSA) is 54.5 Å². The Morgan fingerprint density at radius 1 is 1.57 bits per heavy atom. The maximum absolute atomic E-state index is 12.8. The maximum atomic E-state index is 12.8. The molecule has 2 rings (SSSR count). The second-order valence-electron chi connectivity index (χ2n) is 5.81. The first-order chi connectivity index (χ1) is 9.93. The van der Waals surface area contributed by atoms with Gasteiger partial charge in [-0.25, -0.2) is 4.98 Å². The number of carbonyl (C=O) groups excluding carboxylic acids is 1. The lowest BCUT2D eigenvalue weighted by Crippen LogP contribution is -2.50. The molecule has 0 bridgehead atoms. The Morgan fingerprint density at radius 2 is 2.33 bits per heavy atom. The number of morpholine rings is 1. The Kier molecular flexibility index (Phi) is 5.22. The number of hydrogen-bond acceptors (Lipinski definition) is 4. The predicted molar refractivity (Wildman–Crippen MR) is 86.7 cm³/mol. The summed E-state index contributed by atoms with van der Waals surface area (Å²) < 4.78 is 6.47. The average Bonchev–Trinajstić information content (AvgIpc) is 2.44. The van der Waals surface area contributed by atoms with E-state index in [1.54, 1.807) is 6.20 Å². The average molecular weight is 356 g/mol. The summed E-state index contributed by atoms with van der Waals surface area (Å²) in [6.45, 7) is 8.65. The van der Waals surface area contributed by atoms with E-state index in [0.29, 0.717) is 31.1 Å². The first kappa shape index (κ1) is 16.2. The van der Waals surface area contributed by atoms with Crippen molar-refractivity contribution in [2.75, 3.05) is 31.6 Å². The van der Waals surface area contributed by atoms with Gasteiger partial charge < -0.3 is 15.0 Å². The fourth-order valence-corrected chi connectivity index (χ4v) is 2.68. The molecule has 6 heteroatoms. The van der Waals surface area contributed by atoms with Crippen LogP contribution in [0.2, 0.25) is 0 Å². The van der Waals surface area contributed by atoms with Gasteiger partial charge in [-0.3, -0.25) is 4.79 Å². The van der Waals surface area contributed by atoms with Crippen molar-refractivity contribution >= 4 is 27.7 Å². The number of rotatable bonds is 4. The normalized spacial score (nSPS) is 17.6. The van der Waals surface area contributed by atoms with Gasteiger partial charge in [0.2, 0.25) is 0 Å². The van der Waals surface area contributed by atoms with E-state index in [2.05, 4.69) is 33.2 Å². The minimum atomic E-state index is -0.301. The molecule has 1 aromatic rings. The zero-order valence-corrected chi connectivity index (χ0v) is 14.4. The van der Waals surface area contributed by atoms with Crippen molar-refractivity contribution < 1.29 is 9.53 Å². The fraction of sp³-hybridized carbons (Fsp3) is 0.600. The first-order valence-electron chi connectivity index (χ1n) is 7.25. The van der Waals surface area contributed by atoms with Crippen LogP contribution in [-0.2, 0) is 4.74 Å². The molecule has 0 spiro atoms. The van der Waals surface area contributed by atoms with Crippen molar-refractivity contribution in [3.05, 3.63) is 22.3 Å². The molecule has 1 amide bonds. The number of halogens is 1. The van der Waals surface area contributed by atoms with Crippen molar-refractivity contribution in [3.8, 4) is 0 Å². The number of ether oxygens (including phenoxy) is 1. The van der Waals surface area contributed by atoms with E-state index in [1.165, 1.54) is 0 Å².